The van der Waals surface area contributed by atoms with Crippen LogP contribution in [0.3, 0.4) is 0 Å². The Hall–Kier alpha value is -2.19. The van der Waals surface area contributed by atoms with Crippen LogP contribution in [-0.2, 0) is 10.0 Å². The molecule has 1 aliphatic rings. The van der Waals surface area contributed by atoms with E-state index in [-0.39, 0.29) is 10.5 Å². The quantitative estimate of drug-likeness (QED) is 0.913. The van der Waals surface area contributed by atoms with Crippen LogP contribution in [0.2, 0.25) is 0 Å². The van der Waals surface area contributed by atoms with E-state index in [2.05, 4.69) is 4.98 Å². The summed E-state index contributed by atoms with van der Waals surface area (Å²) in [6.45, 7) is 0.945. The molecule has 3 rings (SSSR count). The molecular weight excluding hydrogens is 330 g/mol. The molecule has 0 spiro atoms. The summed E-state index contributed by atoms with van der Waals surface area (Å²) in [5.74, 6) is -1.16. The molecule has 7 nitrogen and oxygen atoms in total. The minimum absolute atomic E-state index is 0.00741. The molecule has 2 heterocycles. The average Bonchev–Trinajstić information content (AvgIpc) is 2.96. The van der Waals surface area contributed by atoms with Crippen LogP contribution < -0.4 is 0 Å². The van der Waals surface area contributed by atoms with Gasteiger partial charge >= 0.3 is 5.97 Å². The Balaban J connectivity index is 2.07. The number of aromatic nitrogens is 2. The van der Waals surface area contributed by atoms with Crippen molar-refractivity contribution in [2.24, 2.45) is 0 Å². The van der Waals surface area contributed by atoms with Gasteiger partial charge in [-0.05, 0) is 31.0 Å². The van der Waals surface area contributed by atoms with Crippen LogP contribution in [0.5, 0.6) is 0 Å². The van der Waals surface area contributed by atoms with Gasteiger partial charge < -0.3 is 9.67 Å². The number of sulfonamides is 1. The van der Waals surface area contributed by atoms with Crippen molar-refractivity contribution in [3.63, 3.8) is 0 Å². The molecule has 1 aromatic heterocycles. The minimum Gasteiger partial charge on any atom is -0.478 e. The van der Waals surface area contributed by atoms with Gasteiger partial charge in [0.2, 0.25) is 10.0 Å². The van der Waals surface area contributed by atoms with Crippen molar-refractivity contribution in [3.8, 4) is 5.69 Å². The van der Waals surface area contributed by atoms with E-state index in [0.29, 0.717) is 18.8 Å². The Morgan fingerprint density at radius 3 is 2.38 bits per heavy atom. The molecule has 0 radical (unpaired) electrons. The third kappa shape index (κ3) is 3.34. The zero-order valence-electron chi connectivity index (χ0n) is 13.1. The van der Waals surface area contributed by atoms with E-state index in [1.807, 2.05) is 0 Å². The molecule has 128 valence electrons. The number of carboxylic acid groups (broad SMARTS) is 1. The maximum absolute atomic E-state index is 12.9. The van der Waals surface area contributed by atoms with Crippen molar-refractivity contribution < 1.29 is 18.3 Å². The van der Waals surface area contributed by atoms with E-state index in [4.69, 9.17) is 0 Å². The molecular formula is C16H19N3O4S. The first kappa shape index (κ1) is 16.7. The number of aromatic carboxylic acids is 1. The number of rotatable bonds is 4. The smallest absolute Gasteiger partial charge is 0.335 e. The van der Waals surface area contributed by atoms with Gasteiger partial charge in [0.05, 0.1) is 16.8 Å². The molecule has 1 fully saturated rings. The Kier molecular flexibility index (Phi) is 4.68. The monoisotopic (exact) mass is 349 g/mol. The highest BCUT2D eigenvalue weighted by atomic mass is 32.2. The normalized spacial score (nSPS) is 16.7. The average molecular weight is 349 g/mol. The predicted octanol–water partition coefficient (Wildman–Crippen LogP) is 2.14. The van der Waals surface area contributed by atoms with Crippen molar-refractivity contribution in [2.45, 2.75) is 30.6 Å². The van der Waals surface area contributed by atoms with Crippen LogP contribution in [0.1, 0.15) is 36.0 Å². The van der Waals surface area contributed by atoms with Gasteiger partial charge in [-0.15, -0.1) is 0 Å². The summed E-state index contributed by atoms with van der Waals surface area (Å²) in [7, 11) is -3.72. The molecule has 0 bridgehead atoms. The van der Waals surface area contributed by atoms with Crippen LogP contribution in [-0.4, -0.2) is 46.4 Å². The van der Waals surface area contributed by atoms with Gasteiger partial charge in [0, 0.05) is 31.2 Å². The number of benzene rings is 1. The van der Waals surface area contributed by atoms with Crippen molar-refractivity contribution in [3.05, 3.63) is 42.5 Å². The van der Waals surface area contributed by atoms with Crippen LogP contribution in [0.15, 0.2) is 41.8 Å². The number of carbonyl (C=O) groups is 1. The highest BCUT2D eigenvalue weighted by Gasteiger charge is 2.26. The summed E-state index contributed by atoms with van der Waals surface area (Å²) in [6, 6.07) is 4.16. The molecule has 24 heavy (non-hydrogen) atoms. The summed E-state index contributed by atoms with van der Waals surface area (Å²) in [6.07, 6.45) is 8.38. The second-order valence-corrected chi connectivity index (χ2v) is 7.75. The van der Waals surface area contributed by atoms with Crippen molar-refractivity contribution >= 4 is 16.0 Å². The van der Waals surface area contributed by atoms with Gasteiger partial charge in [0.25, 0.3) is 0 Å². The first-order valence-corrected chi connectivity index (χ1v) is 9.29. The number of hydrogen-bond acceptors (Lipinski definition) is 4. The van der Waals surface area contributed by atoms with Crippen LogP contribution in [0, 0.1) is 0 Å². The summed E-state index contributed by atoms with van der Waals surface area (Å²) >= 11 is 0. The first-order valence-electron chi connectivity index (χ1n) is 7.85. The summed E-state index contributed by atoms with van der Waals surface area (Å²) in [4.78, 5) is 15.3. The van der Waals surface area contributed by atoms with Crippen molar-refractivity contribution in [2.75, 3.05) is 13.1 Å². The van der Waals surface area contributed by atoms with Gasteiger partial charge in [0.1, 0.15) is 0 Å². The Morgan fingerprint density at radius 2 is 1.79 bits per heavy atom. The summed E-state index contributed by atoms with van der Waals surface area (Å²) in [5.41, 5.74) is 0.399. The molecule has 2 aromatic rings. The van der Waals surface area contributed by atoms with Crippen molar-refractivity contribution in [1.29, 1.82) is 0 Å². The van der Waals surface area contributed by atoms with Gasteiger partial charge in [0.15, 0.2) is 0 Å². The first-order chi connectivity index (χ1) is 11.5. The number of nitrogens with zero attached hydrogens (tertiary/aromatic N) is 3. The maximum atomic E-state index is 12.9. The highest BCUT2D eigenvalue weighted by Crippen LogP contribution is 2.24. The van der Waals surface area contributed by atoms with E-state index in [9.17, 15) is 18.3 Å². The fourth-order valence-electron chi connectivity index (χ4n) is 2.85. The third-order valence-electron chi connectivity index (χ3n) is 4.14. The molecule has 0 saturated carbocycles. The van der Waals surface area contributed by atoms with E-state index in [1.165, 1.54) is 28.8 Å². The number of imidazole rings is 1. The SMILES string of the molecule is O=C(O)c1cc(-n2ccnc2)cc(S(=O)(=O)N2CCCCCC2)c1. The molecule has 8 heteroatoms. The predicted molar refractivity (Wildman–Crippen MR) is 87.8 cm³/mol. The highest BCUT2D eigenvalue weighted by molar-refractivity contribution is 7.89. The summed E-state index contributed by atoms with van der Waals surface area (Å²) in [5, 5.41) is 9.32. The van der Waals surface area contributed by atoms with Crippen LogP contribution >= 0.6 is 0 Å². The summed E-state index contributed by atoms with van der Waals surface area (Å²) < 4.78 is 28.9. The Labute approximate surface area is 140 Å². The van der Waals surface area contributed by atoms with Crippen LogP contribution in [0.4, 0.5) is 0 Å². The van der Waals surface area contributed by atoms with Gasteiger partial charge in [-0.3, -0.25) is 0 Å². The standard InChI is InChI=1S/C16H19N3O4S/c20-16(21)13-9-14(18-8-5-17-12-18)11-15(10-13)24(22,23)19-6-3-1-2-4-7-19/h5,8-12H,1-4,6-7H2,(H,20,21). The number of hydrogen-bond donors (Lipinski definition) is 1. The van der Waals surface area contributed by atoms with Crippen LogP contribution in [0.25, 0.3) is 5.69 Å². The fraction of sp³-hybridized carbons (Fsp3) is 0.375. The van der Waals surface area contributed by atoms with Gasteiger partial charge in [-0.25, -0.2) is 18.2 Å². The molecule has 0 unspecified atom stereocenters. The third-order valence-corrected chi connectivity index (χ3v) is 6.02. The lowest BCUT2D eigenvalue weighted by Gasteiger charge is -2.20. The zero-order valence-corrected chi connectivity index (χ0v) is 13.9. The molecule has 0 amide bonds. The zero-order chi connectivity index (χ0) is 17.2. The second kappa shape index (κ2) is 6.74. The van der Waals surface area contributed by atoms with Gasteiger partial charge in [-0.1, -0.05) is 12.8 Å². The molecule has 0 atom stereocenters. The Bertz CT molecular complexity index is 823. The largest absolute Gasteiger partial charge is 0.478 e. The molecule has 0 aliphatic carbocycles. The molecule has 1 saturated heterocycles. The van der Waals surface area contributed by atoms with E-state index in [1.54, 1.807) is 17.0 Å². The molecule has 1 aliphatic heterocycles. The van der Waals surface area contributed by atoms with Gasteiger partial charge in [-0.2, -0.15) is 4.31 Å². The lowest BCUT2D eigenvalue weighted by Crippen LogP contribution is -2.32. The van der Waals surface area contributed by atoms with E-state index < -0.39 is 16.0 Å². The van der Waals surface area contributed by atoms with E-state index >= 15 is 0 Å². The lowest BCUT2D eigenvalue weighted by molar-refractivity contribution is 0.0696. The Morgan fingerprint density at radius 1 is 1.08 bits per heavy atom. The maximum Gasteiger partial charge on any atom is 0.335 e. The topological polar surface area (TPSA) is 92.5 Å². The molecule has 1 aromatic carbocycles. The molecule has 1 N–H and O–H groups in total. The number of carboxylic acids is 1. The lowest BCUT2D eigenvalue weighted by atomic mass is 10.2. The second-order valence-electron chi connectivity index (χ2n) is 5.81. The van der Waals surface area contributed by atoms with Crippen molar-refractivity contribution in [1.82, 2.24) is 13.9 Å². The fourth-order valence-corrected chi connectivity index (χ4v) is 4.43. The minimum atomic E-state index is -3.72. The van der Waals surface area contributed by atoms with E-state index in [0.717, 1.165) is 25.7 Å².